The summed E-state index contributed by atoms with van der Waals surface area (Å²) in [4.78, 5) is 23.2. The maximum atomic E-state index is 12.2. The van der Waals surface area contributed by atoms with E-state index in [0.29, 0.717) is 45.1 Å². The molecule has 0 bridgehead atoms. The standard InChI is InChI=1S/C17H26N2O5/c1-23-10-8-14(11-15-3-2-9-24-15)19-17(22)18-13-6-4-12(5-7-13)16(20)21/h2-3,9,12-14H,4-8,10-11H2,1H3,(H,20,21)(H2,18,19,22). The average molecular weight is 338 g/mol. The van der Waals surface area contributed by atoms with Crippen molar-refractivity contribution in [3.05, 3.63) is 24.2 Å². The second-order valence-electron chi connectivity index (χ2n) is 6.27. The smallest absolute Gasteiger partial charge is 0.315 e. The highest BCUT2D eigenvalue weighted by molar-refractivity contribution is 5.74. The van der Waals surface area contributed by atoms with Crippen molar-refractivity contribution in [1.29, 1.82) is 0 Å². The molecule has 1 heterocycles. The number of carbonyl (C=O) groups excluding carboxylic acids is 1. The molecule has 1 unspecified atom stereocenters. The molecule has 2 amide bonds. The van der Waals surface area contributed by atoms with Crippen LogP contribution < -0.4 is 10.6 Å². The van der Waals surface area contributed by atoms with Gasteiger partial charge in [-0.1, -0.05) is 0 Å². The first-order chi connectivity index (χ1) is 11.6. The number of ether oxygens (including phenoxy) is 1. The van der Waals surface area contributed by atoms with Crippen LogP contribution in [0.3, 0.4) is 0 Å². The van der Waals surface area contributed by atoms with Crippen molar-refractivity contribution in [3.63, 3.8) is 0 Å². The Morgan fingerprint density at radius 1 is 1.38 bits per heavy atom. The van der Waals surface area contributed by atoms with E-state index in [-0.39, 0.29) is 24.0 Å². The summed E-state index contributed by atoms with van der Waals surface area (Å²) in [7, 11) is 1.63. The summed E-state index contributed by atoms with van der Waals surface area (Å²) in [5.41, 5.74) is 0. The number of nitrogens with one attached hydrogen (secondary N) is 2. The minimum absolute atomic E-state index is 0.0345. The number of carboxylic acid groups (broad SMARTS) is 1. The highest BCUT2D eigenvalue weighted by atomic mass is 16.5. The molecule has 2 rings (SSSR count). The maximum Gasteiger partial charge on any atom is 0.315 e. The van der Waals surface area contributed by atoms with Crippen molar-refractivity contribution in [3.8, 4) is 0 Å². The van der Waals surface area contributed by atoms with Crippen LogP contribution in [0.15, 0.2) is 22.8 Å². The monoisotopic (exact) mass is 338 g/mol. The molecule has 0 saturated heterocycles. The van der Waals surface area contributed by atoms with Crippen LogP contribution in [0, 0.1) is 5.92 Å². The lowest BCUT2D eigenvalue weighted by Crippen LogP contribution is -2.48. The summed E-state index contributed by atoms with van der Waals surface area (Å²) in [6, 6.07) is 3.44. The van der Waals surface area contributed by atoms with Crippen LogP contribution in [0.2, 0.25) is 0 Å². The highest BCUT2D eigenvalue weighted by Crippen LogP contribution is 2.24. The number of methoxy groups -OCH3 is 1. The van der Waals surface area contributed by atoms with Gasteiger partial charge in [-0.05, 0) is 44.2 Å². The van der Waals surface area contributed by atoms with Gasteiger partial charge in [-0.25, -0.2) is 4.79 Å². The molecule has 1 aliphatic carbocycles. The lowest BCUT2D eigenvalue weighted by molar-refractivity contribution is -0.142. The molecule has 1 fully saturated rings. The van der Waals surface area contributed by atoms with Gasteiger partial charge in [-0.3, -0.25) is 4.79 Å². The zero-order chi connectivity index (χ0) is 17.4. The lowest BCUT2D eigenvalue weighted by Gasteiger charge is -2.28. The number of carboxylic acids is 1. The third kappa shape index (κ3) is 5.88. The lowest BCUT2D eigenvalue weighted by atomic mass is 9.86. The van der Waals surface area contributed by atoms with Crippen LogP contribution in [-0.2, 0) is 16.0 Å². The Labute approximate surface area is 141 Å². The van der Waals surface area contributed by atoms with Crippen molar-refractivity contribution >= 4 is 12.0 Å². The molecule has 7 heteroatoms. The molecule has 1 saturated carbocycles. The Kier molecular flexibility index (Phi) is 7.11. The number of hydrogen-bond donors (Lipinski definition) is 3. The molecule has 24 heavy (non-hydrogen) atoms. The molecule has 0 aliphatic heterocycles. The van der Waals surface area contributed by atoms with Crippen LogP contribution >= 0.6 is 0 Å². The number of rotatable bonds is 8. The average Bonchev–Trinajstić information content (AvgIpc) is 3.06. The Bertz CT molecular complexity index is 509. The zero-order valence-electron chi connectivity index (χ0n) is 14.0. The van der Waals surface area contributed by atoms with Gasteiger partial charge in [0, 0.05) is 32.2 Å². The SMILES string of the molecule is COCCC(Cc1ccco1)NC(=O)NC1CCC(C(=O)O)CC1. The van der Waals surface area contributed by atoms with Gasteiger partial charge >= 0.3 is 12.0 Å². The van der Waals surface area contributed by atoms with Gasteiger partial charge in [0.2, 0.25) is 0 Å². The fourth-order valence-corrected chi connectivity index (χ4v) is 3.05. The Morgan fingerprint density at radius 3 is 2.71 bits per heavy atom. The van der Waals surface area contributed by atoms with Gasteiger partial charge in [0.25, 0.3) is 0 Å². The van der Waals surface area contributed by atoms with E-state index in [0.717, 1.165) is 5.76 Å². The van der Waals surface area contributed by atoms with Gasteiger partial charge < -0.3 is 24.9 Å². The number of amides is 2. The van der Waals surface area contributed by atoms with E-state index in [2.05, 4.69) is 10.6 Å². The van der Waals surface area contributed by atoms with Crippen LogP contribution in [0.25, 0.3) is 0 Å². The molecular formula is C17H26N2O5. The van der Waals surface area contributed by atoms with Crippen LogP contribution in [0.4, 0.5) is 4.79 Å². The topological polar surface area (TPSA) is 101 Å². The number of hydrogen-bond acceptors (Lipinski definition) is 4. The van der Waals surface area contributed by atoms with E-state index in [1.807, 2.05) is 12.1 Å². The minimum Gasteiger partial charge on any atom is -0.481 e. The quantitative estimate of drug-likeness (QED) is 0.674. The summed E-state index contributed by atoms with van der Waals surface area (Å²) in [5.74, 6) is -0.200. The molecule has 134 valence electrons. The summed E-state index contributed by atoms with van der Waals surface area (Å²) in [6.45, 7) is 0.551. The molecule has 1 atom stereocenters. The van der Waals surface area contributed by atoms with Crippen molar-refractivity contribution in [1.82, 2.24) is 10.6 Å². The first-order valence-corrected chi connectivity index (χ1v) is 8.39. The molecular weight excluding hydrogens is 312 g/mol. The predicted molar refractivity (Wildman–Crippen MR) is 87.7 cm³/mol. The zero-order valence-corrected chi connectivity index (χ0v) is 14.0. The largest absolute Gasteiger partial charge is 0.481 e. The number of aliphatic carboxylic acids is 1. The summed E-state index contributed by atoms with van der Waals surface area (Å²) in [6.07, 6.45) is 5.53. The molecule has 1 aromatic rings. The fourth-order valence-electron chi connectivity index (χ4n) is 3.05. The molecule has 7 nitrogen and oxygen atoms in total. The fraction of sp³-hybridized carbons (Fsp3) is 0.647. The van der Waals surface area contributed by atoms with Crippen LogP contribution in [0.1, 0.15) is 37.9 Å². The third-order valence-electron chi connectivity index (χ3n) is 4.44. The van der Waals surface area contributed by atoms with Crippen LogP contribution in [-0.4, -0.2) is 42.9 Å². The molecule has 0 radical (unpaired) electrons. The molecule has 1 aromatic heterocycles. The van der Waals surface area contributed by atoms with Crippen molar-refractivity contribution < 1.29 is 23.8 Å². The summed E-state index contributed by atoms with van der Waals surface area (Å²) in [5, 5.41) is 14.9. The number of carbonyl (C=O) groups is 2. The van der Waals surface area contributed by atoms with Gasteiger partial charge in [0.05, 0.1) is 12.2 Å². The highest BCUT2D eigenvalue weighted by Gasteiger charge is 2.27. The minimum atomic E-state index is -0.740. The van der Waals surface area contributed by atoms with E-state index in [1.165, 1.54) is 0 Å². The van der Waals surface area contributed by atoms with Crippen molar-refractivity contribution in [2.45, 2.75) is 50.6 Å². The van der Waals surface area contributed by atoms with E-state index in [9.17, 15) is 9.59 Å². The van der Waals surface area contributed by atoms with E-state index < -0.39 is 5.97 Å². The maximum absolute atomic E-state index is 12.2. The van der Waals surface area contributed by atoms with Gasteiger partial charge in [-0.2, -0.15) is 0 Å². The van der Waals surface area contributed by atoms with Crippen LogP contribution in [0.5, 0.6) is 0 Å². The first-order valence-electron chi connectivity index (χ1n) is 8.39. The second-order valence-corrected chi connectivity index (χ2v) is 6.27. The molecule has 1 aliphatic rings. The van der Waals surface area contributed by atoms with E-state index >= 15 is 0 Å². The third-order valence-corrected chi connectivity index (χ3v) is 4.44. The Balaban J connectivity index is 1.78. The summed E-state index contributed by atoms with van der Waals surface area (Å²) < 4.78 is 10.4. The van der Waals surface area contributed by atoms with Crippen molar-refractivity contribution in [2.24, 2.45) is 5.92 Å². The number of furan rings is 1. The van der Waals surface area contributed by atoms with Gasteiger partial charge in [0.1, 0.15) is 5.76 Å². The number of urea groups is 1. The molecule has 0 spiro atoms. The van der Waals surface area contributed by atoms with Crippen molar-refractivity contribution in [2.75, 3.05) is 13.7 Å². The van der Waals surface area contributed by atoms with E-state index in [1.54, 1.807) is 13.4 Å². The van der Waals surface area contributed by atoms with E-state index in [4.69, 9.17) is 14.3 Å². The van der Waals surface area contributed by atoms with Gasteiger partial charge in [-0.15, -0.1) is 0 Å². The predicted octanol–water partition coefficient (Wildman–Crippen LogP) is 2.17. The molecule has 0 aromatic carbocycles. The normalized spacial score (nSPS) is 21.9. The first kappa shape index (κ1) is 18.3. The Hall–Kier alpha value is -2.02. The molecule has 3 N–H and O–H groups in total. The second kappa shape index (κ2) is 9.32. The Morgan fingerprint density at radius 2 is 2.12 bits per heavy atom. The van der Waals surface area contributed by atoms with Gasteiger partial charge in [0.15, 0.2) is 0 Å². The summed E-state index contributed by atoms with van der Waals surface area (Å²) >= 11 is 0.